The summed E-state index contributed by atoms with van der Waals surface area (Å²) in [6, 6.07) is 3.26. The van der Waals surface area contributed by atoms with Gasteiger partial charge in [0.05, 0.1) is 11.7 Å². The lowest BCUT2D eigenvalue weighted by Crippen LogP contribution is -2.15. The topological polar surface area (TPSA) is 59.4 Å². The number of carbonyl (C=O) groups is 1. The monoisotopic (exact) mass is 181 g/mol. The summed E-state index contributed by atoms with van der Waals surface area (Å²) in [5, 5.41) is 8.86. The third-order valence-electron chi connectivity index (χ3n) is 1.35. The van der Waals surface area contributed by atoms with E-state index in [4.69, 9.17) is 9.84 Å². The molecule has 0 spiro atoms. The molecule has 0 aliphatic heterocycles. The number of aromatic nitrogens is 1. The van der Waals surface area contributed by atoms with Crippen LogP contribution in [0.25, 0.3) is 0 Å². The van der Waals surface area contributed by atoms with Crippen molar-refractivity contribution in [3.8, 4) is 0 Å². The maximum absolute atomic E-state index is 11.2. The van der Waals surface area contributed by atoms with Gasteiger partial charge in [0.1, 0.15) is 6.61 Å². The summed E-state index contributed by atoms with van der Waals surface area (Å²) < 4.78 is 4.76. The highest BCUT2D eigenvalue weighted by molar-refractivity contribution is 5.88. The van der Waals surface area contributed by atoms with E-state index in [1.807, 2.05) is 0 Å². The Labute approximate surface area is 76.2 Å². The first-order valence-corrected chi connectivity index (χ1v) is 3.95. The van der Waals surface area contributed by atoms with Gasteiger partial charge in [-0.25, -0.2) is 4.79 Å². The Balaban J connectivity index is 2.50. The van der Waals surface area contributed by atoms with Crippen molar-refractivity contribution in [2.75, 3.05) is 6.61 Å². The van der Waals surface area contributed by atoms with E-state index >= 15 is 0 Å². The first kappa shape index (κ1) is 9.67. The Morgan fingerprint density at radius 3 is 3.08 bits per heavy atom. The van der Waals surface area contributed by atoms with E-state index in [2.05, 4.69) is 4.98 Å². The molecular weight excluding hydrogens is 170 g/mol. The second-order valence-electron chi connectivity index (χ2n) is 2.69. The number of aliphatic hydroxyl groups is 1. The van der Waals surface area contributed by atoms with Crippen LogP contribution in [0.4, 0.5) is 0 Å². The summed E-state index contributed by atoms with van der Waals surface area (Å²) in [7, 11) is 0. The molecule has 0 saturated carbocycles. The second-order valence-corrected chi connectivity index (χ2v) is 2.69. The zero-order valence-corrected chi connectivity index (χ0v) is 7.30. The molecule has 1 rings (SSSR count). The van der Waals surface area contributed by atoms with E-state index in [1.54, 1.807) is 25.3 Å². The smallest absolute Gasteiger partial charge is 0.339 e. The standard InChI is InChI=1S/C9H11NO3/c1-7(11)6-13-9(12)8-3-2-4-10-5-8/h2-5,7,11H,6H2,1H3. The van der Waals surface area contributed by atoms with Crippen molar-refractivity contribution in [2.45, 2.75) is 13.0 Å². The van der Waals surface area contributed by atoms with Crippen LogP contribution in [0.5, 0.6) is 0 Å². The van der Waals surface area contributed by atoms with Crippen LogP contribution < -0.4 is 0 Å². The lowest BCUT2D eigenvalue weighted by atomic mass is 10.3. The lowest BCUT2D eigenvalue weighted by molar-refractivity contribution is 0.0296. The summed E-state index contributed by atoms with van der Waals surface area (Å²) in [5.41, 5.74) is 0.392. The Morgan fingerprint density at radius 1 is 1.77 bits per heavy atom. The zero-order chi connectivity index (χ0) is 9.68. The van der Waals surface area contributed by atoms with Crippen molar-refractivity contribution < 1.29 is 14.6 Å². The van der Waals surface area contributed by atoms with Crippen LogP contribution in [0.2, 0.25) is 0 Å². The highest BCUT2D eigenvalue weighted by atomic mass is 16.5. The number of rotatable bonds is 3. The predicted molar refractivity (Wildman–Crippen MR) is 46.2 cm³/mol. The maximum Gasteiger partial charge on any atom is 0.339 e. The van der Waals surface area contributed by atoms with E-state index in [0.717, 1.165) is 0 Å². The third kappa shape index (κ3) is 3.21. The van der Waals surface area contributed by atoms with Gasteiger partial charge in [-0.1, -0.05) is 0 Å². The van der Waals surface area contributed by atoms with Crippen LogP contribution in [0, 0.1) is 0 Å². The first-order valence-electron chi connectivity index (χ1n) is 3.95. The Kier molecular flexibility index (Phi) is 3.40. The van der Waals surface area contributed by atoms with Gasteiger partial charge < -0.3 is 9.84 Å². The van der Waals surface area contributed by atoms with Gasteiger partial charge in [-0.2, -0.15) is 0 Å². The number of nitrogens with zero attached hydrogens (tertiary/aromatic N) is 1. The SMILES string of the molecule is CC(O)COC(=O)c1cccnc1. The molecule has 1 aromatic rings. The maximum atomic E-state index is 11.2. The van der Waals surface area contributed by atoms with E-state index in [1.165, 1.54) is 6.20 Å². The normalized spacial score (nSPS) is 12.2. The highest BCUT2D eigenvalue weighted by Crippen LogP contribution is 1.99. The number of carbonyl (C=O) groups excluding carboxylic acids is 1. The molecule has 0 radical (unpaired) electrons. The number of ether oxygens (including phenoxy) is 1. The number of hydrogen-bond donors (Lipinski definition) is 1. The Bertz CT molecular complexity index is 271. The van der Waals surface area contributed by atoms with Gasteiger partial charge in [-0.05, 0) is 19.1 Å². The fraction of sp³-hybridized carbons (Fsp3) is 0.333. The largest absolute Gasteiger partial charge is 0.459 e. The summed E-state index contributed by atoms with van der Waals surface area (Å²) >= 11 is 0. The van der Waals surface area contributed by atoms with Crippen molar-refractivity contribution in [2.24, 2.45) is 0 Å². The van der Waals surface area contributed by atoms with Crippen LogP contribution in [0.3, 0.4) is 0 Å². The van der Waals surface area contributed by atoms with Gasteiger partial charge in [0.15, 0.2) is 0 Å². The number of pyridine rings is 1. The van der Waals surface area contributed by atoms with Crippen molar-refractivity contribution in [1.29, 1.82) is 0 Å². The van der Waals surface area contributed by atoms with E-state index in [0.29, 0.717) is 5.56 Å². The van der Waals surface area contributed by atoms with Gasteiger partial charge >= 0.3 is 5.97 Å². The van der Waals surface area contributed by atoms with E-state index in [9.17, 15) is 4.79 Å². The fourth-order valence-corrected chi connectivity index (χ4v) is 0.763. The van der Waals surface area contributed by atoms with Crippen LogP contribution in [0.15, 0.2) is 24.5 Å². The predicted octanol–water partition coefficient (Wildman–Crippen LogP) is 0.619. The average molecular weight is 181 g/mol. The third-order valence-corrected chi connectivity index (χ3v) is 1.35. The van der Waals surface area contributed by atoms with Gasteiger partial charge in [-0.3, -0.25) is 4.98 Å². The molecule has 1 unspecified atom stereocenters. The number of hydrogen-bond acceptors (Lipinski definition) is 4. The molecule has 1 heterocycles. The minimum atomic E-state index is -0.638. The summed E-state index contributed by atoms with van der Waals surface area (Å²) in [6.45, 7) is 1.56. The summed E-state index contributed by atoms with van der Waals surface area (Å²) in [6.07, 6.45) is 2.36. The van der Waals surface area contributed by atoms with Crippen molar-refractivity contribution in [3.05, 3.63) is 30.1 Å². The molecule has 0 bridgehead atoms. The summed E-state index contributed by atoms with van der Waals surface area (Å²) in [4.78, 5) is 14.9. The molecule has 1 atom stereocenters. The molecule has 4 heteroatoms. The summed E-state index contributed by atoms with van der Waals surface area (Å²) in [5.74, 6) is -0.464. The van der Waals surface area contributed by atoms with Gasteiger partial charge in [0.2, 0.25) is 0 Å². The molecule has 13 heavy (non-hydrogen) atoms. The number of aliphatic hydroxyl groups excluding tert-OH is 1. The van der Waals surface area contributed by atoms with Crippen LogP contribution >= 0.6 is 0 Å². The molecule has 1 aromatic heterocycles. The highest BCUT2D eigenvalue weighted by Gasteiger charge is 2.07. The van der Waals surface area contributed by atoms with E-state index in [-0.39, 0.29) is 6.61 Å². The molecule has 0 aromatic carbocycles. The molecular formula is C9H11NO3. The first-order chi connectivity index (χ1) is 6.20. The van der Waals surface area contributed by atoms with Crippen molar-refractivity contribution in [1.82, 2.24) is 4.98 Å². The average Bonchev–Trinajstić information content (AvgIpc) is 2.15. The van der Waals surface area contributed by atoms with Gasteiger partial charge in [0.25, 0.3) is 0 Å². The van der Waals surface area contributed by atoms with Crippen LogP contribution in [0.1, 0.15) is 17.3 Å². The quantitative estimate of drug-likeness (QED) is 0.694. The molecule has 0 amide bonds. The number of esters is 1. The second kappa shape index (κ2) is 4.57. The zero-order valence-electron chi connectivity index (χ0n) is 7.30. The van der Waals surface area contributed by atoms with Crippen molar-refractivity contribution in [3.63, 3.8) is 0 Å². The molecule has 70 valence electrons. The van der Waals surface area contributed by atoms with Gasteiger partial charge in [-0.15, -0.1) is 0 Å². The molecule has 0 fully saturated rings. The van der Waals surface area contributed by atoms with Crippen molar-refractivity contribution >= 4 is 5.97 Å². The molecule has 4 nitrogen and oxygen atoms in total. The molecule has 0 aliphatic carbocycles. The molecule has 0 aliphatic rings. The van der Waals surface area contributed by atoms with E-state index < -0.39 is 12.1 Å². The Hall–Kier alpha value is -1.42. The van der Waals surface area contributed by atoms with Crippen LogP contribution in [-0.2, 0) is 4.74 Å². The molecule has 1 N–H and O–H groups in total. The molecule has 0 saturated heterocycles. The Morgan fingerprint density at radius 2 is 2.54 bits per heavy atom. The fourth-order valence-electron chi connectivity index (χ4n) is 0.763. The minimum absolute atomic E-state index is 0.00767. The van der Waals surface area contributed by atoms with Gasteiger partial charge in [0, 0.05) is 12.4 Å². The van der Waals surface area contributed by atoms with Crippen LogP contribution in [-0.4, -0.2) is 28.8 Å². The lowest BCUT2D eigenvalue weighted by Gasteiger charge is -2.05. The minimum Gasteiger partial charge on any atom is -0.459 e.